The lowest BCUT2D eigenvalue weighted by Crippen LogP contribution is -2.26. The SMILES string of the molecule is Br.Br.CC(C)(C)P(Cc1cccc(CP(C(C)(C)C)C(C)(C)C)c1Br)C(C)(C)C. The molecule has 0 heterocycles. The van der Waals surface area contributed by atoms with E-state index in [0.717, 1.165) is 0 Å². The predicted molar refractivity (Wildman–Crippen MR) is 155 cm³/mol. The molecular formula is C24H45Br3P2. The maximum Gasteiger partial charge on any atom is 0.0246 e. The molecule has 0 radical (unpaired) electrons. The molecule has 0 amide bonds. The number of rotatable bonds is 4. The first-order valence-corrected chi connectivity index (χ1v) is 14.0. The fourth-order valence-electron chi connectivity index (χ4n) is 4.18. The molecular weight excluding hydrogens is 590 g/mol. The van der Waals surface area contributed by atoms with E-state index in [2.05, 4.69) is 117 Å². The minimum atomic E-state index is -0.138. The Labute approximate surface area is 214 Å². The third kappa shape index (κ3) is 9.90. The normalized spacial score (nSPS) is 13.3. The zero-order chi connectivity index (χ0) is 21.4. The summed E-state index contributed by atoms with van der Waals surface area (Å²) in [4.78, 5) is 0. The third-order valence-electron chi connectivity index (χ3n) is 5.05. The topological polar surface area (TPSA) is 0 Å². The summed E-state index contributed by atoms with van der Waals surface area (Å²) in [7, 11) is -0.276. The van der Waals surface area contributed by atoms with E-state index in [4.69, 9.17) is 0 Å². The van der Waals surface area contributed by atoms with Gasteiger partial charge < -0.3 is 0 Å². The molecule has 0 aromatic heterocycles. The zero-order valence-corrected chi connectivity index (χ0v) is 27.5. The van der Waals surface area contributed by atoms with Crippen LogP contribution in [0.2, 0.25) is 0 Å². The standard InChI is InChI=1S/C24H43BrP2.2BrH/c1-21(2,3)26(22(4,5)6)16-18-14-13-15-19(20(18)25)17-27(23(7,8)9)24(10,11)12;;/h13-15H,16-17H2,1-12H3;2*1H. The van der Waals surface area contributed by atoms with Crippen molar-refractivity contribution in [2.45, 2.75) is 116 Å². The van der Waals surface area contributed by atoms with Crippen LogP contribution in [0.15, 0.2) is 22.7 Å². The summed E-state index contributed by atoms with van der Waals surface area (Å²) >= 11 is 4.03. The molecule has 0 aliphatic carbocycles. The van der Waals surface area contributed by atoms with Crippen molar-refractivity contribution in [3.63, 3.8) is 0 Å². The monoisotopic (exact) mass is 632 g/mol. The molecule has 0 bridgehead atoms. The highest BCUT2D eigenvalue weighted by atomic mass is 79.9. The largest absolute Gasteiger partial charge is 0.114 e. The number of benzene rings is 1. The maximum absolute atomic E-state index is 4.03. The van der Waals surface area contributed by atoms with E-state index in [0.29, 0.717) is 20.6 Å². The molecule has 5 heteroatoms. The van der Waals surface area contributed by atoms with E-state index < -0.39 is 0 Å². The molecule has 0 nitrogen and oxygen atoms in total. The second-order valence-electron chi connectivity index (χ2n) is 11.7. The van der Waals surface area contributed by atoms with Crippen LogP contribution in [0.1, 0.15) is 94.2 Å². The summed E-state index contributed by atoms with van der Waals surface area (Å²) in [6.45, 7) is 29.0. The van der Waals surface area contributed by atoms with Gasteiger partial charge in [-0.3, -0.25) is 0 Å². The van der Waals surface area contributed by atoms with Crippen LogP contribution in [0.25, 0.3) is 0 Å². The molecule has 172 valence electrons. The van der Waals surface area contributed by atoms with E-state index in [1.165, 1.54) is 27.9 Å². The Morgan fingerprint density at radius 1 is 0.586 bits per heavy atom. The predicted octanol–water partition coefficient (Wildman–Crippen LogP) is 10.8. The van der Waals surface area contributed by atoms with Crippen LogP contribution in [0.4, 0.5) is 0 Å². The van der Waals surface area contributed by atoms with Crippen molar-refractivity contribution < 1.29 is 0 Å². The van der Waals surface area contributed by atoms with Gasteiger partial charge in [-0.1, -0.05) is 133 Å². The van der Waals surface area contributed by atoms with Crippen molar-refractivity contribution in [1.82, 2.24) is 0 Å². The van der Waals surface area contributed by atoms with Gasteiger partial charge in [0, 0.05) is 4.47 Å². The number of hydrogen-bond acceptors (Lipinski definition) is 0. The van der Waals surface area contributed by atoms with E-state index >= 15 is 0 Å². The summed E-state index contributed by atoms with van der Waals surface area (Å²) in [5.74, 6) is 0. The van der Waals surface area contributed by atoms with Gasteiger partial charge in [-0.15, -0.1) is 34.0 Å². The molecule has 0 fully saturated rings. The zero-order valence-electron chi connectivity index (χ0n) is 20.7. The molecule has 0 unspecified atom stereocenters. The van der Waals surface area contributed by atoms with E-state index in [-0.39, 0.29) is 49.8 Å². The summed E-state index contributed by atoms with van der Waals surface area (Å²) in [6, 6.07) is 6.97. The Morgan fingerprint density at radius 2 is 0.828 bits per heavy atom. The second kappa shape index (κ2) is 11.6. The number of halogens is 3. The van der Waals surface area contributed by atoms with Crippen LogP contribution in [0.5, 0.6) is 0 Å². The summed E-state index contributed by atoms with van der Waals surface area (Å²) < 4.78 is 1.37. The summed E-state index contributed by atoms with van der Waals surface area (Å²) in [5.41, 5.74) is 3.00. The molecule has 0 saturated heterocycles. The highest BCUT2D eigenvalue weighted by molar-refractivity contribution is 9.10. The van der Waals surface area contributed by atoms with Gasteiger partial charge in [0.05, 0.1) is 0 Å². The van der Waals surface area contributed by atoms with E-state index in [9.17, 15) is 0 Å². The van der Waals surface area contributed by atoms with Gasteiger partial charge in [0.2, 0.25) is 0 Å². The fraction of sp³-hybridized carbons (Fsp3) is 0.750. The molecule has 0 saturated carbocycles. The fourth-order valence-corrected chi connectivity index (χ4v) is 12.3. The van der Waals surface area contributed by atoms with Crippen LogP contribution in [0.3, 0.4) is 0 Å². The van der Waals surface area contributed by atoms with Gasteiger partial charge in [0.15, 0.2) is 0 Å². The molecule has 1 aromatic rings. The first-order valence-electron chi connectivity index (χ1n) is 10.2. The van der Waals surface area contributed by atoms with Crippen LogP contribution in [0, 0.1) is 0 Å². The minimum Gasteiger partial charge on any atom is -0.114 e. The van der Waals surface area contributed by atoms with Crippen molar-refractivity contribution in [2.24, 2.45) is 0 Å². The molecule has 29 heavy (non-hydrogen) atoms. The third-order valence-corrected chi connectivity index (χ3v) is 13.9. The molecule has 0 aliphatic rings. The average molecular weight is 635 g/mol. The van der Waals surface area contributed by atoms with Gasteiger partial charge in [0.1, 0.15) is 0 Å². The van der Waals surface area contributed by atoms with Crippen LogP contribution in [-0.4, -0.2) is 20.6 Å². The molecule has 0 spiro atoms. The van der Waals surface area contributed by atoms with Gasteiger partial charge in [-0.2, -0.15) is 0 Å². The highest BCUT2D eigenvalue weighted by Crippen LogP contribution is 2.63. The molecule has 1 rings (SSSR count). The number of hydrogen-bond donors (Lipinski definition) is 0. The quantitative estimate of drug-likeness (QED) is 0.289. The van der Waals surface area contributed by atoms with Gasteiger partial charge in [-0.05, 0) is 44.1 Å². The molecule has 1 aromatic carbocycles. The van der Waals surface area contributed by atoms with Crippen molar-refractivity contribution in [3.8, 4) is 0 Å². The first-order chi connectivity index (χ1) is 11.8. The highest BCUT2D eigenvalue weighted by Gasteiger charge is 2.36. The van der Waals surface area contributed by atoms with Crippen molar-refractivity contribution in [2.75, 3.05) is 0 Å². The Balaban J connectivity index is 0. The average Bonchev–Trinajstić information content (AvgIpc) is 2.39. The van der Waals surface area contributed by atoms with Gasteiger partial charge >= 0.3 is 0 Å². The van der Waals surface area contributed by atoms with Crippen LogP contribution < -0.4 is 0 Å². The smallest absolute Gasteiger partial charge is 0.0246 e. The molecule has 0 aliphatic heterocycles. The lowest BCUT2D eigenvalue weighted by Gasteiger charge is -2.43. The van der Waals surface area contributed by atoms with E-state index in [1.54, 1.807) is 0 Å². The molecule has 0 atom stereocenters. The van der Waals surface area contributed by atoms with Crippen LogP contribution >= 0.6 is 65.7 Å². The van der Waals surface area contributed by atoms with Crippen LogP contribution in [-0.2, 0) is 12.3 Å². The van der Waals surface area contributed by atoms with E-state index in [1.807, 2.05) is 0 Å². The lowest BCUT2D eigenvalue weighted by atomic mass is 10.1. The van der Waals surface area contributed by atoms with Gasteiger partial charge in [0.25, 0.3) is 0 Å². The summed E-state index contributed by atoms with van der Waals surface area (Å²) in [6.07, 6.45) is 2.39. The van der Waals surface area contributed by atoms with Crippen molar-refractivity contribution in [3.05, 3.63) is 33.8 Å². The Morgan fingerprint density at radius 3 is 1.03 bits per heavy atom. The lowest BCUT2D eigenvalue weighted by molar-refractivity contribution is 0.702. The van der Waals surface area contributed by atoms with Crippen molar-refractivity contribution in [1.29, 1.82) is 0 Å². The molecule has 0 N–H and O–H groups in total. The van der Waals surface area contributed by atoms with Crippen molar-refractivity contribution >= 4 is 65.7 Å². The first kappa shape index (κ1) is 32.7. The second-order valence-corrected chi connectivity index (χ2v) is 20.2. The Kier molecular flexibility index (Phi) is 13.1. The summed E-state index contributed by atoms with van der Waals surface area (Å²) in [5, 5.41) is 1.41. The van der Waals surface area contributed by atoms with Gasteiger partial charge in [-0.25, -0.2) is 0 Å². The Hall–Kier alpha value is 1.52. The maximum atomic E-state index is 4.03. The minimum absolute atomic E-state index is 0. The Bertz CT molecular complexity index is 549.